The Labute approximate surface area is 186 Å². The summed E-state index contributed by atoms with van der Waals surface area (Å²) in [6.45, 7) is 1.92. The van der Waals surface area contributed by atoms with Crippen LogP contribution in [0.3, 0.4) is 0 Å². The van der Waals surface area contributed by atoms with E-state index in [-0.39, 0.29) is 18.2 Å². The molecule has 0 N–H and O–H groups in total. The van der Waals surface area contributed by atoms with E-state index in [1.807, 2.05) is 65.2 Å². The Balaban J connectivity index is 1.57. The average Bonchev–Trinajstić information content (AvgIpc) is 3.26. The number of hydrogen-bond acceptors (Lipinski definition) is 6. The van der Waals surface area contributed by atoms with Gasteiger partial charge in [-0.05, 0) is 43.5 Å². The predicted octanol–water partition coefficient (Wildman–Crippen LogP) is 3.91. The van der Waals surface area contributed by atoms with E-state index in [0.717, 1.165) is 37.6 Å². The SMILES string of the molecule is N#CCN(C(=O)CSc1nnc(N2CCCCC2)n1-c1ccccc1)c1ccccc1. The standard InChI is InChI=1S/C23H24N6OS/c24-14-17-28(19-10-4-1-5-11-19)21(30)18-31-23-26-25-22(27-15-8-3-9-16-27)29(23)20-12-6-2-7-13-20/h1-2,4-7,10-13H,3,8-9,15-18H2. The molecule has 1 amide bonds. The Bertz CT molecular complexity index is 1040. The summed E-state index contributed by atoms with van der Waals surface area (Å²) >= 11 is 1.35. The van der Waals surface area contributed by atoms with Crippen molar-refractivity contribution < 1.29 is 4.79 Å². The highest BCUT2D eigenvalue weighted by Crippen LogP contribution is 2.28. The molecule has 1 aliphatic rings. The van der Waals surface area contributed by atoms with Gasteiger partial charge in [-0.15, -0.1) is 10.2 Å². The molecular formula is C23H24N6OS. The number of hydrogen-bond donors (Lipinski definition) is 0. The van der Waals surface area contributed by atoms with Crippen LogP contribution in [0, 0.1) is 11.3 Å². The minimum absolute atomic E-state index is 0.00775. The summed E-state index contributed by atoms with van der Waals surface area (Å²) < 4.78 is 2.03. The Kier molecular flexibility index (Phi) is 6.85. The molecule has 1 aliphatic heterocycles. The van der Waals surface area contributed by atoms with Crippen molar-refractivity contribution in [3.8, 4) is 11.8 Å². The highest BCUT2D eigenvalue weighted by Gasteiger charge is 2.23. The Morgan fingerprint density at radius 2 is 1.68 bits per heavy atom. The molecule has 158 valence electrons. The molecule has 0 atom stereocenters. The highest BCUT2D eigenvalue weighted by molar-refractivity contribution is 7.99. The molecule has 0 aliphatic carbocycles. The lowest BCUT2D eigenvalue weighted by molar-refractivity contribution is -0.116. The van der Waals surface area contributed by atoms with E-state index < -0.39 is 0 Å². The van der Waals surface area contributed by atoms with Gasteiger partial charge < -0.3 is 4.90 Å². The molecule has 0 radical (unpaired) electrons. The molecule has 1 aromatic heterocycles. The van der Waals surface area contributed by atoms with Crippen molar-refractivity contribution in [1.29, 1.82) is 5.26 Å². The van der Waals surface area contributed by atoms with Crippen molar-refractivity contribution in [2.24, 2.45) is 0 Å². The lowest BCUT2D eigenvalue weighted by atomic mass is 10.1. The van der Waals surface area contributed by atoms with Crippen LogP contribution < -0.4 is 9.80 Å². The average molecular weight is 433 g/mol. The van der Waals surface area contributed by atoms with Crippen LogP contribution in [0.5, 0.6) is 0 Å². The maximum Gasteiger partial charge on any atom is 0.238 e. The molecule has 1 fully saturated rings. The monoisotopic (exact) mass is 432 g/mol. The van der Waals surface area contributed by atoms with Crippen LogP contribution in [0.4, 0.5) is 11.6 Å². The van der Waals surface area contributed by atoms with Gasteiger partial charge in [0.2, 0.25) is 11.9 Å². The van der Waals surface area contributed by atoms with Gasteiger partial charge in [-0.2, -0.15) is 5.26 Å². The van der Waals surface area contributed by atoms with Crippen LogP contribution in [-0.4, -0.2) is 46.1 Å². The van der Waals surface area contributed by atoms with Gasteiger partial charge in [0.15, 0.2) is 5.16 Å². The number of rotatable bonds is 7. The summed E-state index contributed by atoms with van der Waals surface area (Å²) in [5.74, 6) is 0.847. The van der Waals surface area contributed by atoms with Gasteiger partial charge in [0.1, 0.15) is 6.54 Å². The zero-order valence-electron chi connectivity index (χ0n) is 17.2. The number of nitrogens with zero attached hydrogens (tertiary/aromatic N) is 6. The van der Waals surface area contributed by atoms with Crippen LogP contribution in [-0.2, 0) is 4.79 Å². The van der Waals surface area contributed by atoms with Crippen molar-refractivity contribution in [1.82, 2.24) is 14.8 Å². The first-order valence-corrected chi connectivity index (χ1v) is 11.4. The normalized spacial score (nSPS) is 13.6. The highest BCUT2D eigenvalue weighted by atomic mass is 32.2. The van der Waals surface area contributed by atoms with Crippen molar-refractivity contribution in [3.63, 3.8) is 0 Å². The maximum absolute atomic E-state index is 12.9. The van der Waals surface area contributed by atoms with Gasteiger partial charge in [0.25, 0.3) is 0 Å². The molecule has 2 heterocycles. The number of anilines is 2. The second kappa shape index (κ2) is 10.1. The number of aromatic nitrogens is 3. The van der Waals surface area contributed by atoms with E-state index in [9.17, 15) is 10.1 Å². The van der Waals surface area contributed by atoms with E-state index in [0.29, 0.717) is 10.8 Å². The van der Waals surface area contributed by atoms with Gasteiger partial charge in [0, 0.05) is 18.8 Å². The molecule has 0 bridgehead atoms. The van der Waals surface area contributed by atoms with Crippen LogP contribution in [0.2, 0.25) is 0 Å². The molecule has 1 saturated heterocycles. The summed E-state index contributed by atoms with van der Waals surface area (Å²) in [4.78, 5) is 16.7. The van der Waals surface area contributed by atoms with Crippen LogP contribution >= 0.6 is 11.8 Å². The molecule has 7 nitrogen and oxygen atoms in total. The fourth-order valence-corrected chi connectivity index (χ4v) is 4.49. The summed E-state index contributed by atoms with van der Waals surface area (Å²) in [7, 11) is 0. The topological polar surface area (TPSA) is 78.0 Å². The second-order valence-electron chi connectivity index (χ2n) is 7.26. The van der Waals surface area contributed by atoms with E-state index in [2.05, 4.69) is 21.2 Å². The number of amides is 1. The Morgan fingerprint density at radius 3 is 2.35 bits per heavy atom. The largest absolute Gasteiger partial charge is 0.341 e. The quantitative estimate of drug-likeness (QED) is 0.416. The van der Waals surface area contributed by atoms with Gasteiger partial charge in [-0.1, -0.05) is 48.2 Å². The second-order valence-corrected chi connectivity index (χ2v) is 8.21. The van der Waals surface area contributed by atoms with E-state index in [1.54, 1.807) is 0 Å². The van der Waals surface area contributed by atoms with Crippen molar-refractivity contribution in [3.05, 3.63) is 60.7 Å². The minimum atomic E-state index is -0.139. The molecule has 4 rings (SSSR count). The van der Waals surface area contributed by atoms with Crippen molar-refractivity contribution in [2.75, 3.05) is 35.2 Å². The Morgan fingerprint density at radius 1 is 1.00 bits per heavy atom. The van der Waals surface area contributed by atoms with Gasteiger partial charge >= 0.3 is 0 Å². The third-order valence-electron chi connectivity index (χ3n) is 5.19. The third-order valence-corrected chi connectivity index (χ3v) is 6.11. The first-order valence-electron chi connectivity index (χ1n) is 10.4. The minimum Gasteiger partial charge on any atom is -0.341 e. The number of thioether (sulfide) groups is 1. The molecule has 0 spiro atoms. The number of piperidine rings is 1. The number of nitriles is 1. The molecule has 3 aromatic rings. The molecule has 2 aromatic carbocycles. The lowest BCUT2D eigenvalue weighted by Crippen LogP contribution is -2.33. The first-order chi connectivity index (χ1) is 15.3. The van der Waals surface area contributed by atoms with Crippen LogP contribution in [0.15, 0.2) is 65.8 Å². The first kappa shape index (κ1) is 20.9. The van der Waals surface area contributed by atoms with Crippen molar-refractivity contribution >= 4 is 29.3 Å². The molecule has 0 unspecified atom stereocenters. The summed E-state index contributed by atoms with van der Waals surface area (Å²) in [6, 6.07) is 21.3. The fraction of sp³-hybridized carbons (Fsp3) is 0.304. The third kappa shape index (κ3) is 4.89. The number of para-hydroxylation sites is 2. The Hall–Kier alpha value is -3.31. The number of carbonyl (C=O) groups excluding carboxylic acids is 1. The molecule has 8 heteroatoms. The number of benzene rings is 2. The smallest absolute Gasteiger partial charge is 0.238 e. The molecule has 31 heavy (non-hydrogen) atoms. The predicted molar refractivity (Wildman–Crippen MR) is 123 cm³/mol. The number of carbonyl (C=O) groups is 1. The van der Waals surface area contributed by atoms with Gasteiger partial charge in [-0.3, -0.25) is 14.3 Å². The van der Waals surface area contributed by atoms with E-state index in [1.165, 1.54) is 23.1 Å². The molecule has 0 saturated carbocycles. The summed E-state index contributed by atoms with van der Waals surface area (Å²) in [6.07, 6.45) is 3.52. The van der Waals surface area contributed by atoms with Gasteiger partial charge in [-0.25, -0.2) is 0 Å². The van der Waals surface area contributed by atoms with E-state index in [4.69, 9.17) is 0 Å². The molecular weight excluding hydrogens is 408 g/mol. The summed E-state index contributed by atoms with van der Waals surface area (Å²) in [5.41, 5.74) is 1.69. The van der Waals surface area contributed by atoms with Gasteiger partial charge in [0.05, 0.1) is 17.5 Å². The van der Waals surface area contributed by atoms with Crippen LogP contribution in [0.1, 0.15) is 19.3 Å². The fourth-order valence-electron chi connectivity index (χ4n) is 3.66. The van der Waals surface area contributed by atoms with E-state index >= 15 is 0 Å². The lowest BCUT2D eigenvalue weighted by Gasteiger charge is -2.27. The maximum atomic E-state index is 12.9. The van der Waals surface area contributed by atoms with Crippen molar-refractivity contribution in [2.45, 2.75) is 24.4 Å². The zero-order valence-corrected chi connectivity index (χ0v) is 18.0. The summed E-state index contributed by atoms with van der Waals surface area (Å²) in [5, 5.41) is 18.8. The zero-order chi connectivity index (χ0) is 21.5. The van der Waals surface area contributed by atoms with Crippen LogP contribution in [0.25, 0.3) is 5.69 Å².